The molecule has 1 saturated heterocycles. The Bertz CT molecular complexity index is 838. The van der Waals surface area contributed by atoms with Gasteiger partial charge >= 0.3 is 24.8 Å². The molecule has 2 atom stereocenters. The van der Waals surface area contributed by atoms with Crippen LogP contribution in [0.25, 0.3) is 0 Å². The van der Waals surface area contributed by atoms with Crippen LogP contribution in [0.15, 0.2) is 48.5 Å². The molecule has 0 spiro atoms. The normalized spacial score (nSPS) is 17.8. The van der Waals surface area contributed by atoms with Crippen molar-refractivity contribution >= 4 is 30.7 Å². The molecule has 1 unspecified atom stereocenters. The number of aromatic carboxylic acids is 1. The topological polar surface area (TPSA) is 69.6 Å². The summed E-state index contributed by atoms with van der Waals surface area (Å²) in [4.78, 5) is 26.2. The summed E-state index contributed by atoms with van der Waals surface area (Å²) < 4.78 is 0. The van der Waals surface area contributed by atoms with E-state index in [4.69, 9.17) is 5.11 Å². The summed E-state index contributed by atoms with van der Waals surface area (Å²) in [6.07, 6.45) is 3.04. The number of benzene rings is 2. The molecular weight excluding hydrogens is 359 g/mol. The Hall–Kier alpha value is -2.06. The molecule has 1 fully saturated rings. The van der Waals surface area contributed by atoms with Crippen molar-refractivity contribution in [3.05, 3.63) is 70.8 Å². The first-order valence-electron chi connectivity index (χ1n) is 9.87. The zero-order chi connectivity index (χ0) is 20.1. The van der Waals surface area contributed by atoms with Gasteiger partial charge in [-0.05, 0) is 56.5 Å². The van der Waals surface area contributed by atoms with Crippen molar-refractivity contribution in [3.63, 3.8) is 0 Å². The van der Waals surface area contributed by atoms with Crippen molar-refractivity contribution in [3.8, 4) is 0 Å². The van der Waals surface area contributed by atoms with Gasteiger partial charge in [0.25, 0.3) is 0 Å². The third-order valence-electron chi connectivity index (χ3n) is 5.40. The molecule has 2 aromatic rings. The van der Waals surface area contributed by atoms with Crippen LogP contribution >= 0.6 is 0 Å². The summed E-state index contributed by atoms with van der Waals surface area (Å²) in [6, 6.07) is 14.8. The van der Waals surface area contributed by atoms with Gasteiger partial charge in [-0.3, -0.25) is 9.69 Å². The van der Waals surface area contributed by atoms with E-state index in [1.165, 1.54) is 11.1 Å². The van der Waals surface area contributed by atoms with Gasteiger partial charge in [0.05, 0.1) is 17.6 Å². The Kier molecular flexibility index (Phi) is 8.52. The summed E-state index contributed by atoms with van der Waals surface area (Å²) in [5.74, 6) is -0.903. The first kappa shape index (κ1) is 23.2. The second kappa shape index (κ2) is 10.6. The van der Waals surface area contributed by atoms with E-state index in [9.17, 15) is 9.59 Å². The number of carboxylic acids is 1. The van der Waals surface area contributed by atoms with E-state index in [1.54, 1.807) is 24.3 Å². The fraction of sp³-hybridized carbons (Fsp3) is 0.391. The van der Waals surface area contributed by atoms with Gasteiger partial charge in [0.15, 0.2) is 0 Å². The molecule has 1 aliphatic rings. The molecule has 0 bridgehead atoms. The predicted octanol–water partition coefficient (Wildman–Crippen LogP) is 3.28. The number of amides is 1. The number of aryl methyl sites for hydroxylation is 1. The summed E-state index contributed by atoms with van der Waals surface area (Å²) in [5, 5.41) is 12.1. The maximum absolute atomic E-state index is 13.0. The third kappa shape index (κ3) is 6.21. The zero-order valence-electron chi connectivity index (χ0n) is 16.5. The van der Waals surface area contributed by atoms with Gasteiger partial charge in [-0.15, -0.1) is 0 Å². The summed E-state index contributed by atoms with van der Waals surface area (Å²) in [6.45, 7) is 5.72. The molecule has 0 saturated carbocycles. The summed E-state index contributed by atoms with van der Waals surface area (Å²) in [7, 11) is 0. The molecule has 2 N–H and O–H groups in total. The number of nitrogens with one attached hydrogen (secondary N) is 1. The third-order valence-corrected chi connectivity index (χ3v) is 5.40. The zero-order valence-corrected chi connectivity index (χ0v) is 16.5. The number of carboxylic acid groups (broad SMARTS) is 1. The molecule has 0 aromatic heterocycles. The van der Waals surface area contributed by atoms with Crippen molar-refractivity contribution in [1.82, 2.24) is 10.2 Å². The molecule has 3 rings (SSSR count). The molecule has 29 heavy (non-hydrogen) atoms. The molecule has 0 aliphatic carbocycles. The Balaban J connectivity index is 0.00000300. The Labute approximate surface area is 184 Å². The minimum absolute atomic E-state index is 0. The van der Waals surface area contributed by atoms with Crippen molar-refractivity contribution in [1.29, 1.82) is 0 Å². The van der Waals surface area contributed by atoms with Crippen LogP contribution in [0.4, 0.5) is 0 Å². The molecule has 5 nitrogen and oxygen atoms in total. The van der Waals surface area contributed by atoms with Gasteiger partial charge in [0.2, 0.25) is 5.91 Å². The molecule has 150 valence electrons. The molecular formula is C23H29LiN2O3. The quantitative estimate of drug-likeness (QED) is 0.745. The number of hydrogen-bond acceptors (Lipinski definition) is 3. The number of likely N-dealkylation sites (tertiary alicyclic amines) is 1. The van der Waals surface area contributed by atoms with Crippen LogP contribution in [0, 0.1) is 6.92 Å². The molecule has 0 radical (unpaired) electrons. The van der Waals surface area contributed by atoms with E-state index in [-0.39, 0.29) is 42.4 Å². The van der Waals surface area contributed by atoms with E-state index in [0.29, 0.717) is 0 Å². The number of carbonyl (C=O) groups excluding carboxylic acids is 1. The van der Waals surface area contributed by atoms with Crippen molar-refractivity contribution in [2.24, 2.45) is 0 Å². The van der Waals surface area contributed by atoms with Crippen molar-refractivity contribution in [2.75, 3.05) is 6.54 Å². The van der Waals surface area contributed by atoms with Crippen molar-refractivity contribution in [2.45, 2.75) is 51.7 Å². The van der Waals surface area contributed by atoms with E-state index in [2.05, 4.69) is 41.4 Å². The minimum atomic E-state index is -0.947. The number of carbonyl (C=O) groups is 2. The van der Waals surface area contributed by atoms with Crippen molar-refractivity contribution < 1.29 is 14.7 Å². The first-order chi connectivity index (χ1) is 13.4. The summed E-state index contributed by atoms with van der Waals surface area (Å²) in [5.41, 5.74) is 3.62. The van der Waals surface area contributed by atoms with Crippen LogP contribution < -0.4 is 5.32 Å². The van der Waals surface area contributed by atoms with E-state index < -0.39 is 5.97 Å². The Morgan fingerprint density at radius 2 is 1.90 bits per heavy atom. The van der Waals surface area contributed by atoms with Crippen LogP contribution in [-0.4, -0.2) is 53.3 Å². The van der Waals surface area contributed by atoms with Gasteiger partial charge in [-0.2, -0.15) is 0 Å². The standard InChI is InChI=1S/C23H28N2O3.Li.H/c1-16-6-5-7-18(14-16)15-25-13-4-3-8-21(25)22(26)24-17(2)19-9-11-20(12-10-19)23(27)28;;/h5-7,9-12,14,17,21H,3-4,8,13,15H2,1-2H3,(H,24,26)(H,27,28);;/t17-,21?;;/m0../s1. The van der Waals surface area contributed by atoms with E-state index in [1.807, 2.05) is 6.92 Å². The number of nitrogens with zero attached hydrogens (tertiary/aromatic N) is 1. The van der Waals surface area contributed by atoms with Gasteiger partial charge in [-0.25, -0.2) is 4.79 Å². The number of piperidine rings is 1. The van der Waals surface area contributed by atoms with Gasteiger partial charge in [-0.1, -0.05) is 48.4 Å². The maximum atomic E-state index is 13.0. The van der Waals surface area contributed by atoms with Crippen LogP contribution in [0.2, 0.25) is 0 Å². The fourth-order valence-electron chi connectivity index (χ4n) is 3.83. The van der Waals surface area contributed by atoms with Crippen LogP contribution in [0.3, 0.4) is 0 Å². The fourth-order valence-corrected chi connectivity index (χ4v) is 3.83. The summed E-state index contributed by atoms with van der Waals surface area (Å²) >= 11 is 0. The molecule has 6 heteroatoms. The predicted molar refractivity (Wildman–Crippen MR) is 116 cm³/mol. The Morgan fingerprint density at radius 1 is 1.17 bits per heavy atom. The second-order valence-corrected chi connectivity index (χ2v) is 7.63. The SMILES string of the molecule is Cc1cccc(CN2CCCCC2C(=O)N[C@@H](C)c2ccc(C(=O)O)cc2)c1.[LiH]. The van der Waals surface area contributed by atoms with Gasteiger partial charge < -0.3 is 10.4 Å². The molecule has 1 amide bonds. The first-order valence-corrected chi connectivity index (χ1v) is 9.87. The Morgan fingerprint density at radius 3 is 2.55 bits per heavy atom. The van der Waals surface area contributed by atoms with E-state index in [0.717, 1.165) is 37.9 Å². The van der Waals surface area contributed by atoms with E-state index >= 15 is 0 Å². The second-order valence-electron chi connectivity index (χ2n) is 7.63. The van der Waals surface area contributed by atoms with Crippen LogP contribution in [0.5, 0.6) is 0 Å². The average molecular weight is 388 g/mol. The average Bonchev–Trinajstić information content (AvgIpc) is 2.68. The molecule has 1 aliphatic heterocycles. The monoisotopic (exact) mass is 388 g/mol. The molecule has 2 aromatic carbocycles. The van der Waals surface area contributed by atoms with Gasteiger partial charge in [0.1, 0.15) is 0 Å². The van der Waals surface area contributed by atoms with Crippen LogP contribution in [-0.2, 0) is 11.3 Å². The number of hydrogen-bond donors (Lipinski definition) is 2. The van der Waals surface area contributed by atoms with Crippen LogP contribution in [0.1, 0.15) is 59.3 Å². The number of rotatable bonds is 6. The van der Waals surface area contributed by atoms with Gasteiger partial charge in [0, 0.05) is 6.54 Å². The molecule has 1 heterocycles.